The SMILES string of the molecule is COc1ccc2ncc(CN)c([C@H](O)CCC3(CC(=O)O)CCN(CCOc4cc(F)cc(F)c4F)CC3)c2c1. The molecule has 1 aliphatic rings. The monoisotopic (exact) mass is 561 g/mol. The summed E-state index contributed by atoms with van der Waals surface area (Å²) in [4.78, 5) is 18.3. The number of aliphatic carboxylic acids is 1. The van der Waals surface area contributed by atoms with Crippen molar-refractivity contribution in [2.45, 2.75) is 44.8 Å². The van der Waals surface area contributed by atoms with Crippen LogP contribution in [0.5, 0.6) is 11.5 Å². The van der Waals surface area contributed by atoms with Crippen LogP contribution in [-0.2, 0) is 11.3 Å². The molecule has 216 valence electrons. The van der Waals surface area contributed by atoms with Crippen LogP contribution < -0.4 is 15.2 Å². The van der Waals surface area contributed by atoms with Gasteiger partial charge in [0.05, 0.1) is 25.2 Å². The highest BCUT2D eigenvalue weighted by Crippen LogP contribution is 2.42. The highest BCUT2D eigenvalue weighted by molar-refractivity contribution is 5.85. The van der Waals surface area contributed by atoms with Crippen molar-refractivity contribution in [1.82, 2.24) is 9.88 Å². The van der Waals surface area contributed by atoms with E-state index in [-0.39, 0.29) is 19.6 Å². The Bertz CT molecular complexity index is 1340. The molecular weight excluding hydrogens is 527 g/mol. The van der Waals surface area contributed by atoms with Crippen LogP contribution in [0.4, 0.5) is 13.2 Å². The molecule has 2 aromatic carbocycles. The number of hydrogen-bond donors (Lipinski definition) is 3. The number of halogens is 3. The van der Waals surface area contributed by atoms with E-state index in [4.69, 9.17) is 15.2 Å². The largest absolute Gasteiger partial charge is 0.497 e. The molecular formula is C29H34F3N3O5. The van der Waals surface area contributed by atoms with Gasteiger partial charge in [0.15, 0.2) is 11.6 Å². The van der Waals surface area contributed by atoms with Gasteiger partial charge in [-0.15, -0.1) is 0 Å². The molecule has 1 aromatic heterocycles. The van der Waals surface area contributed by atoms with Crippen molar-refractivity contribution in [2.24, 2.45) is 11.1 Å². The number of nitrogens with zero attached hydrogens (tertiary/aromatic N) is 2. The molecule has 1 fully saturated rings. The standard InChI is InChI=1S/C29H34F3N3O5/c1-39-20-2-3-23-21(14-20)27(18(16-33)17-34-23)24(36)4-5-29(15-26(37)38)6-8-35(9-7-29)10-11-40-25-13-19(30)12-22(31)28(25)32/h2-3,12-14,17,24,36H,4-11,15-16,33H2,1H3,(H,37,38)/t24-/m1/s1. The van der Waals surface area contributed by atoms with Crippen molar-refractivity contribution in [1.29, 1.82) is 0 Å². The van der Waals surface area contributed by atoms with Crippen LogP contribution in [-0.4, -0.2) is 59.4 Å². The fourth-order valence-corrected chi connectivity index (χ4v) is 5.51. The summed E-state index contributed by atoms with van der Waals surface area (Å²) in [5, 5.41) is 21.7. The van der Waals surface area contributed by atoms with Crippen LogP contribution in [0.2, 0.25) is 0 Å². The lowest BCUT2D eigenvalue weighted by Gasteiger charge is -2.41. The highest BCUT2D eigenvalue weighted by atomic mass is 19.2. The first-order valence-corrected chi connectivity index (χ1v) is 13.2. The van der Waals surface area contributed by atoms with Gasteiger partial charge in [0.25, 0.3) is 0 Å². The Morgan fingerprint density at radius 2 is 1.95 bits per heavy atom. The first kappa shape index (κ1) is 29.6. The predicted molar refractivity (Wildman–Crippen MR) is 143 cm³/mol. The van der Waals surface area contributed by atoms with E-state index in [1.165, 1.54) is 0 Å². The number of hydrogen-bond acceptors (Lipinski definition) is 7. The van der Waals surface area contributed by atoms with Gasteiger partial charge < -0.3 is 25.4 Å². The molecule has 0 saturated carbocycles. The summed E-state index contributed by atoms with van der Waals surface area (Å²) in [5.74, 6) is -4.24. The molecule has 0 spiro atoms. The molecule has 0 radical (unpaired) electrons. The average molecular weight is 562 g/mol. The summed E-state index contributed by atoms with van der Waals surface area (Å²) in [7, 11) is 1.56. The van der Waals surface area contributed by atoms with Crippen LogP contribution in [0.3, 0.4) is 0 Å². The zero-order valence-corrected chi connectivity index (χ0v) is 22.3. The minimum atomic E-state index is -1.31. The molecule has 11 heteroatoms. The Labute approximate surface area is 230 Å². The molecule has 0 unspecified atom stereocenters. The Morgan fingerprint density at radius 3 is 2.62 bits per heavy atom. The number of aliphatic hydroxyl groups excluding tert-OH is 1. The molecule has 2 heterocycles. The van der Waals surface area contributed by atoms with Crippen molar-refractivity contribution in [3.05, 3.63) is 65.1 Å². The van der Waals surface area contributed by atoms with Crippen molar-refractivity contribution in [3.63, 3.8) is 0 Å². The van der Waals surface area contributed by atoms with Crippen molar-refractivity contribution < 1.29 is 37.7 Å². The minimum Gasteiger partial charge on any atom is -0.497 e. The van der Waals surface area contributed by atoms with E-state index in [1.54, 1.807) is 19.4 Å². The van der Waals surface area contributed by atoms with Crippen molar-refractivity contribution in [3.8, 4) is 11.5 Å². The molecule has 4 rings (SSSR count). The fourth-order valence-electron chi connectivity index (χ4n) is 5.51. The molecule has 1 atom stereocenters. The second-order valence-corrected chi connectivity index (χ2v) is 10.3. The average Bonchev–Trinajstić information content (AvgIpc) is 2.94. The van der Waals surface area contributed by atoms with Crippen LogP contribution >= 0.6 is 0 Å². The number of aromatic nitrogens is 1. The zero-order valence-electron chi connectivity index (χ0n) is 22.3. The van der Waals surface area contributed by atoms with E-state index < -0.39 is 40.7 Å². The number of likely N-dealkylation sites (tertiary alicyclic amines) is 1. The molecule has 4 N–H and O–H groups in total. The number of piperidine rings is 1. The number of aliphatic hydroxyl groups is 1. The van der Waals surface area contributed by atoms with Gasteiger partial charge in [-0.3, -0.25) is 14.7 Å². The Hall–Kier alpha value is -3.41. The van der Waals surface area contributed by atoms with E-state index >= 15 is 0 Å². The second kappa shape index (κ2) is 12.8. The number of fused-ring (bicyclic) bond motifs is 1. The molecule has 8 nitrogen and oxygen atoms in total. The van der Waals surface area contributed by atoms with E-state index in [9.17, 15) is 28.2 Å². The predicted octanol–water partition coefficient (Wildman–Crippen LogP) is 4.57. The molecule has 0 bridgehead atoms. The van der Waals surface area contributed by atoms with Crippen LogP contribution in [0, 0.1) is 22.9 Å². The normalized spacial score (nSPS) is 16.1. The van der Waals surface area contributed by atoms with Gasteiger partial charge in [-0.25, -0.2) is 8.78 Å². The van der Waals surface area contributed by atoms with Crippen molar-refractivity contribution in [2.75, 3.05) is 33.4 Å². The van der Waals surface area contributed by atoms with Crippen LogP contribution in [0.15, 0.2) is 36.5 Å². The number of carbonyl (C=O) groups is 1. The molecule has 1 saturated heterocycles. The van der Waals surface area contributed by atoms with Crippen molar-refractivity contribution >= 4 is 16.9 Å². The number of rotatable bonds is 12. The summed E-state index contributed by atoms with van der Waals surface area (Å²) >= 11 is 0. The van der Waals surface area contributed by atoms with E-state index in [0.717, 1.165) is 11.5 Å². The first-order chi connectivity index (χ1) is 19.1. The zero-order chi connectivity index (χ0) is 28.9. The highest BCUT2D eigenvalue weighted by Gasteiger charge is 2.37. The number of nitrogens with two attached hydrogens (primary N) is 1. The lowest BCUT2D eigenvalue weighted by Crippen LogP contribution is -2.42. The number of benzene rings is 2. The molecule has 3 aromatic rings. The Balaban J connectivity index is 1.41. The van der Waals surface area contributed by atoms with E-state index in [0.29, 0.717) is 73.8 Å². The second-order valence-electron chi connectivity index (χ2n) is 10.3. The molecule has 0 amide bonds. The van der Waals surface area contributed by atoms with Gasteiger partial charge in [-0.05, 0) is 73.5 Å². The van der Waals surface area contributed by atoms with Gasteiger partial charge >= 0.3 is 5.97 Å². The third-order valence-corrected chi connectivity index (χ3v) is 7.77. The third-order valence-electron chi connectivity index (χ3n) is 7.77. The first-order valence-electron chi connectivity index (χ1n) is 13.2. The maximum atomic E-state index is 13.8. The van der Waals surface area contributed by atoms with E-state index in [2.05, 4.69) is 4.98 Å². The minimum absolute atomic E-state index is 0.0188. The van der Waals surface area contributed by atoms with Crippen LogP contribution in [0.25, 0.3) is 10.9 Å². The topological polar surface area (TPSA) is 118 Å². The number of ether oxygens (including phenoxy) is 2. The maximum absolute atomic E-state index is 13.8. The maximum Gasteiger partial charge on any atom is 0.303 e. The summed E-state index contributed by atoms with van der Waals surface area (Å²) in [5.41, 5.74) is 7.52. The third kappa shape index (κ3) is 6.83. The van der Waals surface area contributed by atoms with Crippen LogP contribution in [0.1, 0.15) is 49.3 Å². The van der Waals surface area contributed by atoms with Gasteiger partial charge in [0, 0.05) is 36.8 Å². The van der Waals surface area contributed by atoms with Gasteiger partial charge in [-0.1, -0.05) is 0 Å². The lowest BCUT2D eigenvalue weighted by atomic mass is 9.71. The van der Waals surface area contributed by atoms with Gasteiger partial charge in [0.2, 0.25) is 5.82 Å². The Kier molecular flexibility index (Phi) is 9.49. The lowest BCUT2D eigenvalue weighted by molar-refractivity contribution is -0.141. The smallest absolute Gasteiger partial charge is 0.303 e. The summed E-state index contributed by atoms with van der Waals surface area (Å²) < 4.78 is 51.3. The van der Waals surface area contributed by atoms with Gasteiger partial charge in [0.1, 0.15) is 18.2 Å². The molecule has 1 aliphatic heterocycles. The number of pyridine rings is 1. The quantitative estimate of drug-likeness (QED) is 0.275. The number of carboxylic acids is 1. The summed E-state index contributed by atoms with van der Waals surface area (Å²) in [6.45, 7) is 1.72. The summed E-state index contributed by atoms with van der Waals surface area (Å²) in [6.07, 6.45) is 2.71. The fraction of sp³-hybridized carbons (Fsp3) is 0.448. The van der Waals surface area contributed by atoms with E-state index in [1.807, 2.05) is 17.0 Å². The summed E-state index contributed by atoms with van der Waals surface area (Å²) in [6, 6.07) is 6.68. The van der Waals surface area contributed by atoms with Gasteiger partial charge in [-0.2, -0.15) is 4.39 Å². The molecule has 40 heavy (non-hydrogen) atoms. The Morgan fingerprint density at radius 1 is 1.20 bits per heavy atom. The molecule has 0 aliphatic carbocycles. The number of methoxy groups -OCH3 is 1. The number of carboxylic acid groups (broad SMARTS) is 1.